The average molecular weight is 506 g/mol. The van der Waals surface area contributed by atoms with E-state index in [1.54, 1.807) is 18.2 Å². The second-order valence-corrected chi connectivity index (χ2v) is 7.60. The SMILES string of the molecule is O=C(N[C@@H](Cc1cccc(Br)c1)C(=O)O)c1cc(Br)cc(Br)c1. The molecule has 120 valence electrons. The van der Waals surface area contributed by atoms with Crippen LogP contribution >= 0.6 is 47.8 Å². The standard InChI is InChI=1S/C16H12Br3NO3/c17-11-3-1-2-9(4-11)5-14(16(22)23)20-15(21)10-6-12(18)8-13(19)7-10/h1-4,6-8,14H,5H2,(H,20,21)(H,22,23)/t14-/m0/s1. The summed E-state index contributed by atoms with van der Waals surface area (Å²) in [6.07, 6.45) is 0.204. The van der Waals surface area contributed by atoms with Gasteiger partial charge in [-0.25, -0.2) is 4.79 Å². The van der Waals surface area contributed by atoms with Crippen LogP contribution in [0.1, 0.15) is 15.9 Å². The van der Waals surface area contributed by atoms with Crippen LogP contribution in [0.5, 0.6) is 0 Å². The van der Waals surface area contributed by atoms with E-state index in [1.165, 1.54) is 0 Å². The molecule has 0 aliphatic rings. The largest absolute Gasteiger partial charge is 0.480 e. The van der Waals surface area contributed by atoms with Crippen molar-refractivity contribution in [2.45, 2.75) is 12.5 Å². The Balaban J connectivity index is 2.15. The Morgan fingerprint density at radius 3 is 2.22 bits per heavy atom. The molecule has 2 rings (SSSR count). The van der Waals surface area contributed by atoms with Gasteiger partial charge in [0.1, 0.15) is 6.04 Å². The molecule has 0 saturated heterocycles. The van der Waals surface area contributed by atoms with Crippen LogP contribution in [0.15, 0.2) is 55.9 Å². The number of hydrogen-bond acceptors (Lipinski definition) is 2. The van der Waals surface area contributed by atoms with Crippen molar-refractivity contribution in [3.63, 3.8) is 0 Å². The highest BCUT2D eigenvalue weighted by molar-refractivity contribution is 9.11. The van der Waals surface area contributed by atoms with Crippen LogP contribution in [0.4, 0.5) is 0 Å². The molecule has 2 aromatic carbocycles. The van der Waals surface area contributed by atoms with Crippen LogP contribution in [0.2, 0.25) is 0 Å². The third-order valence-corrected chi connectivity index (χ3v) is 4.47. The summed E-state index contributed by atoms with van der Waals surface area (Å²) < 4.78 is 2.33. The molecule has 0 heterocycles. The molecule has 0 unspecified atom stereocenters. The van der Waals surface area contributed by atoms with E-state index in [2.05, 4.69) is 53.1 Å². The summed E-state index contributed by atoms with van der Waals surface area (Å²) in [7, 11) is 0. The third kappa shape index (κ3) is 5.44. The van der Waals surface area contributed by atoms with Crippen LogP contribution in [-0.2, 0) is 11.2 Å². The van der Waals surface area contributed by atoms with E-state index in [0.29, 0.717) is 5.56 Å². The van der Waals surface area contributed by atoms with E-state index in [4.69, 9.17) is 0 Å². The fourth-order valence-electron chi connectivity index (χ4n) is 2.03. The maximum absolute atomic E-state index is 12.3. The number of rotatable bonds is 5. The highest BCUT2D eigenvalue weighted by atomic mass is 79.9. The quantitative estimate of drug-likeness (QED) is 0.633. The van der Waals surface area contributed by atoms with Gasteiger partial charge in [0.2, 0.25) is 0 Å². The monoisotopic (exact) mass is 503 g/mol. The number of benzene rings is 2. The molecule has 0 saturated carbocycles. The Labute approximate surface area is 158 Å². The summed E-state index contributed by atoms with van der Waals surface area (Å²) in [5.41, 5.74) is 1.20. The van der Waals surface area contributed by atoms with Gasteiger partial charge in [-0.2, -0.15) is 0 Å². The molecule has 7 heteroatoms. The number of aliphatic carboxylic acids is 1. The molecule has 0 aromatic heterocycles. The molecular weight excluding hydrogens is 494 g/mol. The molecule has 2 aromatic rings. The summed E-state index contributed by atoms with van der Waals surface area (Å²) in [6, 6.07) is 11.4. The lowest BCUT2D eigenvalue weighted by atomic mass is 10.1. The number of carbonyl (C=O) groups excluding carboxylic acids is 1. The normalized spacial score (nSPS) is 11.8. The Bertz CT molecular complexity index is 729. The summed E-state index contributed by atoms with van der Waals surface area (Å²) >= 11 is 9.96. The number of amides is 1. The van der Waals surface area contributed by atoms with Crippen molar-refractivity contribution < 1.29 is 14.7 Å². The predicted molar refractivity (Wildman–Crippen MR) is 98.6 cm³/mol. The van der Waals surface area contributed by atoms with E-state index in [1.807, 2.05) is 24.3 Å². The lowest BCUT2D eigenvalue weighted by molar-refractivity contribution is -0.139. The summed E-state index contributed by atoms with van der Waals surface area (Å²) in [5.74, 6) is -1.51. The van der Waals surface area contributed by atoms with Crippen molar-refractivity contribution >= 4 is 59.7 Å². The molecule has 0 aliphatic heterocycles. The van der Waals surface area contributed by atoms with Crippen LogP contribution in [0.25, 0.3) is 0 Å². The van der Waals surface area contributed by atoms with E-state index < -0.39 is 17.9 Å². The smallest absolute Gasteiger partial charge is 0.326 e. The van der Waals surface area contributed by atoms with E-state index in [9.17, 15) is 14.7 Å². The van der Waals surface area contributed by atoms with Crippen molar-refractivity contribution in [2.75, 3.05) is 0 Å². The van der Waals surface area contributed by atoms with Gasteiger partial charge in [-0.05, 0) is 35.9 Å². The second kappa shape index (κ2) is 8.08. The molecule has 2 N–H and O–H groups in total. The Kier molecular flexibility index (Phi) is 6.38. The summed E-state index contributed by atoms with van der Waals surface area (Å²) in [6.45, 7) is 0. The molecule has 0 bridgehead atoms. The Morgan fingerprint density at radius 1 is 1.00 bits per heavy atom. The first-order chi connectivity index (χ1) is 10.8. The lowest BCUT2D eigenvalue weighted by Gasteiger charge is -2.15. The molecule has 1 amide bonds. The highest BCUT2D eigenvalue weighted by Gasteiger charge is 2.21. The fourth-order valence-corrected chi connectivity index (χ4v) is 3.77. The number of hydrogen-bond donors (Lipinski definition) is 2. The zero-order valence-corrected chi connectivity index (χ0v) is 16.5. The van der Waals surface area contributed by atoms with Gasteiger partial charge in [0.05, 0.1) is 0 Å². The average Bonchev–Trinajstić information content (AvgIpc) is 2.45. The lowest BCUT2D eigenvalue weighted by Crippen LogP contribution is -2.42. The van der Waals surface area contributed by atoms with Crippen molar-refractivity contribution in [3.05, 3.63) is 67.0 Å². The Morgan fingerprint density at radius 2 is 1.65 bits per heavy atom. The molecule has 0 radical (unpaired) electrons. The molecule has 4 nitrogen and oxygen atoms in total. The molecule has 1 atom stereocenters. The summed E-state index contributed by atoms with van der Waals surface area (Å²) in [5, 5.41) is 11.9. The maximum Gasteiger partial charge on any atom is 0.326 e. The topological polar surface area (TPSA) is 66.4 Å². The molecular formula is C16H12Br3NO3. The minimum atomic E-state index is -1.08. The Hall–Kier alpha value is -1.18. The van der Waals surface area contributed by atoms with Crippen LogP contribution in [0, 0.1) is 0 Å². The molecule has 0 spiro atoms. The minimum Gasteiger partial charge on any atom is -0.480 e. The fraction of sp³-hybridized carbons (Fsp3) is 0.125. The first-order valence-corrected chi connectivity index (χ1v) is 8.97. The van der Waals surface area contributed by atoms with Crippen molar-refractivity contribution in [1.29, 1.82) is 0 Å². The van der Waals surface area contributed by atoms with Gasteiger partial charge in [-0.15, -0.1) is 0 Å². The zero-order chi connectivity index (χ0) is 17.0. The molecule has 0 fully saturated rings. The first-order valence-electron chi connectivity index (χ1n) is 6.59. The van der Waals surface area contributed by atoms with Crippen LogP contribution < -0.4 is 5.32 Å². The van der Waals surface area contributed by atoms with Crippen LogP contribution in [-0.4, -0.2) is 23.0 Å². The number of carboxylic acids is 1. The number of halogens is 3. The van der Waals surface area contributed by atoms with Gasteiger partial charge in [-0.1, -0.05) is 59.9 Å². The van der Waals surface area contributed by atoms with Crippen molar-refractivity contribution in [1.82, 2.24) is 5.32 Å². The van der Waals surface area contributed by atoms with Gasteiger partial charge < -0.3 is 10.4 Å². The van der Waals surface area contributed by atoms with E-state index >= 15 is 0 Å². The molecule has 0 aliphatic carbocycles. The first kappa shape index (κ1) is 18.2. The highest BCUT2D eigenvalue weighted by Crippen LogP contribution is 2.20. The zero-order valence-electron chi connectivity index (χ0n) is 11.7. The minimum absolute atomic E-state index is 0.204. The third-order valence-electron chi connectivity index (χ3n) is 3.06. The van der Waals surface area contributed by atoms with Gasteiger partial charge in [0.15, 0.2) is 0 Å². The van der Waals surface area contributed by atoms with Gasteiger partial charge >= 0.3 is 5.97 Å². The number of carbonyl (C=O) groups is 2. The van der Waals surface area contributed by atoms with Gasteiger partial charge in [0.25, 0.3) is 5.91 Å². The number of carboxylic acid groups (broad SMARTS) is 1. The summed E-state index contributed by atoms with van der Waals surface area (Å²) in [4.78, 5) is 23.7. The van der Waals surface area contributed by atoms with E-state index in [-0.39, 0.29) is 6.42 Å². The predicted octanol–water partition coefficient (Wildman–Crippen LogP) is 4.40. The van der Waals surface area contributed by atoms with Crippen molar-refractivity contribution in [2.24, 2.45) is 0 Å². The second-order valence-electron chi connectivity index (χ2n) is 4.86. The van der Waals surface area contributed by atoms with E-state index in [0.717, 1.165) is 19.0 Å². The van der Waals surface area contributed by atoms with Crippen molar-refractivity contribution in [3.8, 4) is 0 Å². The van der Waals surface area contributed by atoms with Gasteiger partial charge in [-0.3, -0.25) is 4.79 Å². The van der Waals surface area contributed by atoms with Gasteiger partial charge in [0, 0.05) is 25.4 Å². The molecule has 23 heavy (non-hydrogen) atoms. The number of nitrogens with one attached hydrogen (secondary N) is 1. The van der Waals surface area contributed by atoms with Crippen LogP contribution in [0.3, 0.4) is 0 Å². The maximum atomic E-state index is 12.3.